The molecule has 3 aromatic heterocycles. The van der Waals surface area contributed by atoms with E-state index in [-0.39, 0.29) is 5.89 Å². The molecule has 30 heavy (non-hydrogen) atoms. The van der Waals surface area contributed by atoms with Crippen LogP contribution in [0, 0.1) is 18.4 Å². The van der Waals surface area contributed by atoms with Crippen LogP contribution in [0.3, 0.4) is 0 Å². The van der Waals surface area contributed by atoms with Crippen LogP contribution in [-0.4, -0.2) is 35.4 Å². The lowest BCUT2D eigenvalue weighted by atomic mass is 10.1. The number of aryl methyl sites for hydroxylation is 1. The summed E-state index contributed by atoms with van der Waals surface area (Å²) in [6, 6.07) is 11.2. The van der Waals surface area contributed by atoms with Crippen molar-refractivity contribution in [3.63, 3.8) is 0 Å². The van der Waals surface area contributed by atoms with Crippen LogP contribution in [0.1, 0.15) is 5.76 Å². The molecule has 0 fully saturated rings. The highest BCUT2D eigenvalue weighted by Crippen LogP contribution is 2.46. The van der Waals surface area contributed by atoms with E-state index in [1.54, 1.807) is 16.8 Å². The fourth-order valence-corrected chi connectivity index (χ4v) is 3.92. The second-order valence-corrected chi connectivity index (χ2v) is 7.10. The van der Waals surface area contributed by atoms with E-state index in [4.69, 9.17) is 20.5 Å². The molecule has 0 N–H and O–H groups in total. The van der Waals surface area contributed by atoms with Crippen LogP contribution in [0.2, 0.25) is 0 Å². The van der Waals surface area contributed by atoms with Gasteiger partial charge in [-0.2, -0.15) is 10.2 Å². The largest absolute Gasteiger partial charge is 0.458 e. The lowest BCUT2D eigenvalue weighted by Crippen LogP contribution is -2.36. The first-order chi connectivity index (χ1) is 14.7. The van der Waals surface area contributed by atoms with Crippen molar-refractivity contribution in [3.05, 3.63) is 48.4 Å². The van der Waals surface area contributed by atoms with Gasteiger partial charge in [0.15, 0.2) is 23.4 Å². The van der Waals surface area contributed by atoms with Gasteiger partial charge in [-0.25, -0.2) is 4.90 Å². The van der Waals surface area contributed by atoms with Gasteiger partial charge in [0.25, 0.3) is 5.89 Å². The van der Waals surface area contributed by atoms with Crippen molar-refractivity contribution in [1.29, 1.82) is 5.26 Å². The van der Waals surface area contributed by atoms with Crippen LogP contribution >= 0.6 is 11.6 Å². The molecule has 146 valence electrons. The molecule has 0 spiro atoms. The van der Waals surface area contributed by atoms with Gasteiger partial charge in [0.2, 0.25) is 11.6 Å². The first-order valence-corrected chi connectivity index (χ1v) is 9.38. The predicted octanol–water partition coefficient (Wildman–Crippen LogP) is 3.46. The molecule has 6 rings (SSSR count). The summed E-state index contributed by atoms with van der Waals surface area (Å²) in [5.41, 5.74) is 0.921. The zero-order valence-corrected chi connectivity index (χ0v) is 16.1. The maximum atomic E-state index is 9.48. The smallest absolute Gasteiger partial charge is 0.296 e. The minimum absolute atomic E-state index is 0.166. The van der Waals surface area contributed by atoms with Gasteiger partial charge in [0, 0.05) is 5.56 Å². The highest BCUT2D eigenvalue weighted by molar-refractivity contribution is 6.23. The summed E-state index contributed by atoms with van der Waals surface area (Å²) >= 11 is 6.56. The molecule has 1 unspecified atom stereocenters. The second-order valence-electron chi connectivity index (χ2n) is 6.71. The molecule has 11 heteroatoms. The summed E-state index contributed by atoms with van der Waals surface area (Å²) in [6.45, 7) is 1.83. The number of rotatable bonds is 2. The molecule has 5 heterocycles. The Morgan fingerprint density at radius 1 is 1.13 bits per heavy atom. The molecule has 4 aromatic rings. The zero-order chi connectivity index (χ0) is 20.4. The number of hydrogen-bond acceptors (Lipinski definition) is 9. The van der Waals surface area contributed by atoms with E-state index < -0.39 is 5.62 Å². The third-order valence-electron chi connectivity index (χ3n) is 4.93. The van der Waals surface area contributed by atoms with Crippen molar-refractivity contribution in [3.8, 4) is 40.9 Å². The second kappa shape index (κ2) is 5.95. The maximum absolute atomic E-state index is 9.48. The highest BCUT2D eigenvalue weighted by atomic mass is 35.5. The number of nitriles is 1. The van der Waals surface area contributed by atoms with Gasteiger partial charge >= 0.3 is 0 Å². The normalized spacial score (nSPS) is 16.7. The molecule has 2 aliphatic rings. The van der Waals surface area contributed by atoms with Gasteiger partial charge in [0.05, 0.1) is 11.9 Å². The van der Waals surface area contributed by atoms with Gasteiger partial charge in [-0.15, -0.1) is 10.2 Å². The topological polar surface area (TPSA) is 113 Å². The van der Waals surface area contributed by atoms with Crippen molar-refractivity contribution in [1.82, 2.24) is 29.8 Å². The summed E-state index contributed by atoms with van der Waals surface area (Å²) in [5, 5.41) is 22.1. The van der Waals surface area contributed by atoms with E-state index in [0.717, 1.165) is 17.0 Å². The average Bonchev–Trinajstić information content (AvgIpc) is 3.53. The lowest BCUT2D eigenvalue weighted by molar-refractivity contribution is 0.425. The van der Waals surface area contributed by atoms with E-state index in [1.807, 2.05) is 42.2 Å². The van der Waals surface area contributed by atoms with Gasteiger partial charge in [0.1, 0.15) is 11.6 Å². The first kappa shape index (κ1) is 16.8. The number of fused-ring (bicyclic) bond motifs is 6. The Bertz CT molecular complexity index is 1380. The van der Waals surface area contributed by atoms with Crippen LogP contribution in [0.15, 0.2) is 51.5 Å². The number of nitrogens with zero attached hydrogens (tertiary/aromatic N) is 8. The van der Waals surface area contributed by atoms with Gasteiger partial charge in [-0.3, -0.25) is 9.47 Å². The predicted molar refractivity (Wildman–Crippen MR) is 105 cm³/mol. The summed E-state index contributed by atoms with van der Waals surface area (Å²) < 4.78 is 12.8. The van der Waals surface area contributed by atoms with Crippen molar-refractivity contribution >= 4 is 23.1 Å². The third kappa shape index (κ3) is 2.18. The van der Waals surface area contributed by atoms with Crippen molar-refractivity contribution in [2.24, 2.45) is 0 Å². The van der Waals surface area contributed by atoms with Crippen molar-refractivity contribution in [2.45, 2.75) is 12.5 Å². The highest BCUT2D eigenvalue weighted by Gasteiger charge is 2.41. The van der Waals surface area contributed by atoms with Crippen LogP contribution in [-0.2, 0) is 0 Å². The van der Waals surface area contributed by atoms with Gasteiger partial charge in [-0.05, 0) is 31.2 Å². The van der Waals surface area contributed by atoms with E-state index in [1.165, 1.54) is 4.90 Å². The number of hydrogen-bond donors (Lipinski definition) is 0. The number of aromatic nitrogens is 5. The fraction of sp³-hybridized carbons (Fsp3) is 0.105. The number of alkyl halides is 1. The number of para-hydroxylation sites is 1. The monoisotopic (exact) mass is 418 g/mol. The molecule has 2 aliphatic heterocycles. The first-order valence-electron chi connectivity index (χ1n) is 8.95. The SMILES string of the molecule is Cc1ccc(-c2noc(-c3nnc4n3C3=CN(C#N)C(Cl)N3c3ccccc3-4)n2)o1. The minimum atomic E-state index is -0.723. The van der Waals surface area contributed by atoms with Crippen LogP contribution in [0.5, 0.6) is 0 Å². The van der Waals surface area contributed by atoms with Gasteiger partial charge < -0.3 is 8.94 Å². The lowest BCUT2D eigenvalue weighted by Gasteiger charge is -2.32. The van der Waals surface area contributed by atoms with Crippen LogP contribution < -0.4 is 4.90 Å². The van der Waals surface area contributed by atoms with E-state index in [2.05, 4.69) is 26.5 Å². The summed E-state index contributed by atoms with van der Waals surface area (Å²) in [7, 11) is 0. The summed E-state index contributed by atoms with van der Waals surface area (Å²) in [5.74, 6) is 3.23. The number of halogens is 1. The molecule has 0 radical (unpaired) electrons. The Labute approximate surface area is 174 Å². The molecule has 0 amide bonds. The van der Waals surface area contributed by atoms with E-state index >= 15 is 0 Å². The molecule has 0 aliphatic carbocycles. The Morgan fingerprint density at radius 2 is 1.97 bits per heavy atom. The zero-order valence-electron chi connectivity index (χ0n) is 15.4. The molecule has 1 aromatic carbocycles. The van der Waals surface area contributed by atoms with E-state index in [0.29, 0.717) is 29.1 Å². The molecule has 0 saturated heterocycles. The number of furan rings is 1. The molecule has 0 bridgehead atoms. The molecule has 10 nitrogen and oxygen atoms in total. The van der Waals surface area contributed by atoms with Crippen molar-refractivity contribution in [2.75, 3.05) is 4.90 Å². The fourth-order valence-electron chi connectivity index (χ4n) is 3.62. The Balaban J connectivity index is 1.54. The molecular formula is C19H11ClN8O2. The summed E-state index contributed by atoms with van der Waals surface area (Å²) in [6.07, 6.45) is 3.71. The van der Waals surface area contributed by atoms with Gasteiger partial charge in [-0.1, -0.05) is 28.9 Å². The standard InChI is InChI=1S/C19H11ClN8O2/c1-10-6-7-13(29-10)15-22-18(30-25-15)17-24-23-16-11-4-2-3-5-12(11)27-14(28(16)17)8-26(9-21)19(27)20/h2-8,19H,1H3. The average molecular weight is 419 g/mol. The third-order valence-corrected chi connectivity index (χ3v) is 5.34. The quantitative estimate of drug-likeness (QED) is 0.274. The Hall–Kier alpha value is -4.10. The molecular weight excluding hydrogens is 408 g/mol. The number of benzene rings is 1. The van der Waals surface area contributed by atoms with Crippen molar-refractivity contribution < 1.29 is 8.94 Å². The van der Waals surface area contributed by atoms with Crippen LogP contribution in [0.25, 0.3) is 40.5 Å². The molecule has 0 saturated carbocycles. The van der Waals surface area contributed by atoms with Crippen LogP contribution in [0.4, 0.5) is 5.69 Å². The maximum Gasteiger partial charge on any atom is 0.296 e. The summed E-state index contributed by atoms with van der Waals surface area (Å²) in [4.78, 5) is 7.59. The molecule has 1 atom stereocenters. The number of anilines is 1. The Kier molecular flexibility index (Phi) is 3.33. The Morgan fingerprint density at radius 3 is 2.77 bits per heavy atom. The minimum Gasteiger partial charge on any atom is -0.458 e. The van der Waals surface area contributed by atoms with E-state index in [9.17, 15) is 5.26 Å².